The van der Waals surface area contributed by atoms with Crippen molar-refractivity contribution in [2.45, 2.75) is 19.9 Å². The lowest BCUT2D eigenvalue weighted by Gasteiger charge is -2.40. The van der Waals surface area contributed by atoms with Crippen LogP contribution in [0.3, 0.4) is 0 Å². The topological polar surface area (TPSA) is 66.6 Å². The molecule has 0 unspecified atom stereocenters. The molecule has 36 heavy (non-hydrogen) atoms. The van der Waals surface area contributed by atoms with Gasteiger partial charge in [-0.15, -0.1) is 10.2 Å². The van der Waals surface area contributed by atoms with Gasteiger partial charge in [-0.05, 0) is 44.2 Å². The summed E-state index contributed by atoms with van der Waals surface area (Å²) in [6.45, 7) is 5.71. The molecule has 1 amide bonds. The van der Waals surface area contributed by atoms with E-state index in [2.05, 4.69) is 34.2 Å². The number of hydrogen-bond donors (Lipinski definition) is 0. The molecule has 5 aromatic rings. The zero-order chi connectivity index (χ0) is 24.8. The van der Waals surface area contributed by atoms with Gasteiger partial charge in [-0.25, -0.2) is 13.8 Å². The van der Waals surface area contributed by atoms with E-state index in [1.54, 1.807) is 17.0 Å². The van der Waals surface area contributed by atoms with Crippen LogP contribution in [0.15, 0.2) is 72.8 Å². The molecule has 0 aliphatic carbocycles. The minimum atomic E-state index is -0.411. The molecule has 6 rings (SSSR count). The van der Waals surface area contributed by atoms with E-state index < -0.39 is 5.82 Å². The highest BCUT2D eigenvalue weighted by molar-refractivity contribution is 5.95. The number of amides is 1. The minimum absolute atomic E-state index is 0.0999. The van der Waals surface area contributed by atoms with Crippen LogP contribution < -0.4 is 4.90 Å². The number of carbonyl (C=O) groups is 1. The SMILES string of the molecule is Cc1ccc(-c2nnc3c4ccccc4nc(N4CCN(C(=O)c5cccc(F)c5)[C@H](C)C4)n23)cc1. The molecule has 1 fully saturated rings. The van der Waals surface area contributed by atoms with E-state index in [1.165, 1.54) is 17.7 Å². The number of hydrogen-bond acceptors (Lipinski definition) is 5. The zero-order valence-electron chi connectivity index (χ0n) is 20.1. The van der Waals surface area contributed by atoms with E-state index in [0.717, 1.165) is 33.9 Å². The molecule has 3 aromatic carbocycles. The molecule has 0 spiro atoms. The molecule has 0 bridgehead atoms. The number of fused-ring (bicyclic) bond motifs is 3. The van der Waals surface area contributed by atoms with E-state index in [9.17, 15) is 9.18 Å². The second-order valence-electron chi connectivity index (χ2n) is 9.28. The molecule has 180 valence electrons. The Balaban J connectivity index is 1.41. The fraction of sp³-hybridized carbons (Fsp3) is 0.214. The summed E-state index contributed by atoms with van der Waals surface area (Å²) >= 11 is 0. The number of anilines is 1. The highest BCUT2D eigenvalue weighted by atomic mass is 19.1. The van der Waals surface area contributed by atoms with Crippen LogP contribution in [0.1, 0.15) is 22.8 Å². The van der Waals surface area contributed by atoms with Crippen molar-refractivity contribution in [3.63, 3.8) is 0 Å². The Labute approximate surface area is 207 Å². The average molecular weight is 481 g/mol. The van der Waals surface area contributed by atoms with Gasteiger partial charge in [0.2, 0.25) is 5.95 Å². The first kappa shape index (κ1) is 22.2. The number of para-hydroxylation sites is 1. The van der Waals surface area contributed by atoms with Crippen LogP contribution in [-0.4, -0.2) is 56.1 Å². The van der Waals surface area contributed by atoms with Gasteiger partial charge in [-0.2, -0.15) is 0 Å². The van der Waals surface area contributed by atoms with Crippen molar-refractivity contribution < 1.29 is 9.18 Å². The second kappa shape index (κ2) is 8.71. The van der Waals surface area contributed by atoms with Gasteiger partial charge in [0.15, 0.2) is 11.5 Å². The van der Waals surface area contributed by atoms with Crippen LogP contribution in [0.2, 0.25) is 0 Å². The first-order valence-electron chi connectivity index (χ1n) is 12.0. The first-order valence-corrected chi connectivity index (χ1v) is 12.0. The molecule has 7 nitrogen and oxygen atoms in total. The summed E-state index contributed by atoms with van der Waals surface area (Å²) in [7, 11) is 0. The van der Waals surface area contributed by atoms with Crippen molar-refractivity contribution in [2.24, 2.45) is 0 Å². The van der Waals surface area contributed by atoms with Gasteiger partial charge in [-0.3, -0.25) is 4.79 Å². The van der Waals surface area contributed by atoms with Crippen molar-refractivity contribution in [3.05, 3.63) is 89.7 Å². The van der Waals surface area contributed by atoms with Crippen LogP contribution in [0.25, 0.3) is 27.9 Å². The third kappa shape index (κ3) is 3.75. The number of halogens is 1. The number of piperazine rings is 1. The van der Waals surface area contributed by atoms with Gasteiger partial charge in [0.05, 0.1) is 5.52 Å². The summed E-state index contributed by atoms with van der Waals surface area (Å²) in [5.41, 5.74) is 4.08. The summed E-state index contributed by atoms with van der Waals surface area (Å²) in [6, 6.07) is 21.9. The van der Waals surface area contributed by atoms with Crippen molar-refractivity contribution in [1.82, 2.24) is 24.5 Å². The molecular formula is C28H25FN6O. The smallest absolute Gasteiger partial charge is 0.254 e. The lowest BCUT2D eigenvalue weighted by molar-refractivity contribution is 0.0672. The number of carbonyl (C=O) groups excluding carboxylic acids is 1. The maximum absolute atomic E-state index is 13.7. The monoisotopic (exact) mass is 480 g/mol. The van der Waals surface area contributed by atoms with Crippen LogP contribution in [0.5, 0.6) is 0 Å². The van der Waals surface area contributed by atoms with Gasteiger partial charge < -0.3 is 9.80 Å². The minimum Gasteiger partial charge on any atom is -0.338 e. The van der Waals surface area contributed by atoms with E-state index in [-0.39, 0.29) is 11.9 Å². The Bertz CT molecular complexity index is 1600. The summed E-state index contributed by atoms with van der Waals surface area (Å²) in [5, 5.41) is 10.0. The largest absolute Gasteiger partial charge is 0.338 e. The van der Waals surface area contributed by atoms with Crippen LogP contribution in [-0.2, 0) is 0 Å². The van der Waals surface area contributed by atoms with Crippen LogP contribution in [0.4, 0.5) is 10.3 Å². The number of benzene rings is 3. The predicted octanol–water partition coefficient (Wildman–Crippen LogP) is 4.74. The lowest BCUT2D eigenvalue weighted by atomic mass is 10.1. The normalized spacial score (nSPS) is 16.1. The third-order valence-electron chi connectivity index (χ3n) is 6.78. The molecule has 0 N–H and O–H groups in total. The quantitative estimate of drug-likeness (QED) is 0.373. The molecule has 1 aliphatic heterocycles. The highest BCUT2D eigenvalue weighted by Crippen LogP contribution is 2.30. The second-order valence-corrected chi connectivity index (χ2v) is 9.28. The van der Waals surface area contributed by atoms with Crippen LogP contribution in [0, 0.1) is 12.7 Å². The summed E-state index contributed by atoms with van der Waals surface area (Å²) in [4.78, 5) is 22.1. The Kier molecular flexibility index (Phi) is 5.36. The Morgan fingerprint density at radius 3 is 2.56 bits per heavy atom. The summed E-state index contributed by atoms with van der Waals surface area (Å²) in [6.07, 6.45) is 0. The van der Waals surface area contributed by atoms with Gasteiger partial charge in [0, 0.05) is 42.2 Å². The Morgan fingerprint density at radius 1 is 0.972 bits per heavy atom. The molecule has 0 radical (unpaired) electrons. The first-order chi connectivity index (χ1) is 17.5. The van der Waals surface area contributed by atoms with Gasteiger partial charge in [-0.1, -0.05) is 48.0 Å². The zero-order valence-corrected chi connectivity index (χ0v) is 20.1. The number of aromatic nitrogens is 4. The van der Waals surface area contributed by atoms with Gasteiger partial charge >= 0.3 is 0 Å². The Hall–Kier alpha value is -4.33. The average Bonchev–Trinajstić information content (AvgIpc) is 3.34. The molecule has 1 atom stereocenters. The van der Waals surface area contributed by atoms with Crippen molar-refractivity contribution in [3.8, 4) is 11.4 Å². The van der Waals surface area contributed by atoms with Crippen LogP contribution >= 0.6 is 0 Å². The standard InChI is InChI=1S/C28H25FN6O/c1-18-10-12-20(13-11-18)25-31-32-26-23-8-3-4-9-24(23)30-28(35(25)26)33-14-15-34(19(2)17-33)27(36)21-6-5-7-22(29)16-21/h3-13,16,19H,14-15,17H2,1-2H3/t19-/m1/s1. The number of nitrogens with zero attached hydrogens (tertiary/aromatic N) is 6. The van der Waals surface area contributed by atoms with Crippen molar-refractivity contribution >= 4 is 28.4 Å². The fourth-order valence-corrected chi connectivity index (χ4v) is 4.90. The molecule has 2 aromatic heterocycles. The third-order valence-corrected chi connectivity index (χ3v) is 6.78. The lowest BCUT2D eigenvalue weighted by Crippen LogP contribution is -2.54. The van der Waals surface area contributed by atoms with E-state index in [4.69, 9.17) is 4.98 Å². The van der Waals surface area contributed by atoms with Gasteiger partial charge in [0.1, 0.15) is 5.82 Å². The number of rotatable bonds is 3. The maximum atomic E-state index is 13.7. The number of aryl methyl sites for hydroxylation is 1. The fourth-order valence-electron chi connectivity index (χ4n) is 4.90. The molecule has 1 saturated heterocycles. The Morgan fingerprint density at radius 2 is 1.78 bits per heavy atom. The molecule has 0 saturated carbocycles. The molecule has 1 aliphatic rings. The van der Waals surface area contributed by atoms with Crippen molar-refractivity contribution in [1.29, 1.82) is 0 Å². The van der Waals surface area contributed by atoms with E-state index >= 15 is 0 Å². The highest BCUT2D eigenvalue weighted by Gasteiger charge is 2.31. The van der Waals surface area contributed by atoms with E-state index in [1.807, 2.05) is 47.7 Å². The molecular weight excluding hydrogens is 455 g/mol. The summed E-state index contributed by atoms with van der Waals surface area (Å²) < 4.78 is 15.7. The van der Waals surface area contributed by atoms with Crippen molar-refractivity contribution in [2.75, 3.05) is 24.5 Å². The van der Waals surface area contributed by atoms with E-state index in [0.29, 0.717) is 25.2 Å². The molecule has 3 heterocycles. The van der Waals surface area contributed by atoms with Gasteiger partial charge in [0.25, 0.3) is 5.91 Å². The summed E-state index contributed by atoms with van der Waals surface area (Å²) in [5.74, 6) is 0.896. The predicted molar refractivity (Wildman–Crippen MR) is 138 cm³/mol. The maximum Gasteiger partial charge on any atom is 0.254 e. The molecule has 8 heteroatoms.